The van der Waals surface area contributed by atoms with Crippen molar-refractivity contribution in [3.05, 3.63) is 81.8 Å². The largest absolute Gasteiger partial charge is 0.456 e. The zero-order valence-corrected chi connectivity index (χ0v) is 20.1. The number of anilines is 2. The van der Waals surface area contributed by atoms with Crippen molar-refractivity contribution < 1.29 is 9.47 Å². The van der Waals surface area contributed by atoms with E-state index in [0.29, 0.717) is 19.2 Å². The van der Waals surface area contributed by atoms with Crippen LogP contribution in [0, 0.1) is 0 Å². The van der Waals surface area contributed by atoms with Gasteiger partial charge in [-0.15, -0.1) is 0 Å². The molecule has 6 rings (SSSR count). The van der Waals surface area contributed by atoms with Crippen LogP contribution >= 0.6 is 0 Å². The van der Waals surface area contributed by atoms with Crippen molar-refractivity contribution in [2.24, 2.45) is 0 Å². The molecule has 0 amide bonds. The second-order valence-electron chi connectivity index (χ2n) is 9.88. The molecule has 35 heavy (non-hydrogen) atoms. The number of fused-ring (bicyclic) bond motifs is 2. The predicted octanol–water partition coefficient (Wildman–Crippen LogP) is 4.16. The average molecular weight is 473 g/mol. The van der Waals surface area contributed by atoms with Gasteiger partial charge in [0.05, 0.1) is 6.61 Å². The number of aromatic nitrogens is 1. The number of nitrogens with one attached hydrogen (secondary N) is 2. The van der Waals surface area contributed by atoms with Crippen LogP contribution in [0.5, 0.6) is 11.5 Å². The lowest BCUT2D eigenvalue weighted by Gasteiger charge is -2.36. The van der Waals surface area contributed by atoms with Crippen LogP contribution in [-0.4, -0.2) is 55.8 Å². The van der Waals surface area contributed by atoms with E-state index in [2.05, 4.69) is 63.5 Å². The summed E-state index contributed by atoms with van der Waals surface area (Å²) in [5.41, 5.74) is 5.46. The molecule has 2 fully saturated rings. The minimum Gasteiger partial charge on any atom is -0.456 e. The summed E-state index contributed by atoms with van der Waals surface area (Å²) in [6, 6.07) is 16.9. The molecule has 1 aromatic heterocycles. The zero-order valence-electron chi connectivity index (χ0n) is 20.1. The van der Waals surface area contributed by atoms with Crippen LogP contribution in [0.15, 0.2) is 59.5 Å². The molecular weight excluding hydrogens is 440 g/mol. The first-order valence-electron chi connectivity index (χ1n) is 12.6. The first-order valence-corrected chi connectivity index (χ1v) is 12.6. The minimum absolute atomic E-state index is 0.0905. The second kappa shape index (κ2) is 9.40. The van der Waals surface area contributed by atoms with Gasteiger partial charge in [0.2, 0.25) is 5.56 Å². The van der Waals surface area contributed by atoms with E-state index in [1.807, 2.05) is 6.07 Å². The molecule has 0 radical (unpaired) electrons. The normalized spacial score (nSPS) is 20.6. The first kappa shape index (κ1) is 22.2. The van der Waals surface area contributed by atoms with E-state index in [1.54, 1.807) is 12.3 Å². The van der Waals surface area contributed by atoms with Crippen molar-refractivity contribution in [1.29, 1.82) is 0 Å². The highest BCUT2D eigenvalue weighted by molar-refractivity contribution is 5.59. The molecule has 7 heteroatoms. The summed E-state index contributed by atoms with van der Waals surface area (Å²) in [4.78, 5) is 19.1. The van der Waals surface area contributed by atoms with E-state index < -0.39 is 0 Å². The number of ether oxygens (including phenoxy) is 2. The maximum Gasteiger partial charge on any atom is 0.249 e. The molecule has 0 spiro atoms. The van der Waals surface area contributed by atoms with Crippen LogP contribution in [0.2, 0.25) is 0 Å². The highest BCUT2D eigenvalue weighted by Gasteiger charge is 2.29. The van der Waals surface area contributed by atoms with Gasteiger partial charge in [-0.1, -0.05) is 18.2 Å². The molecule has 182 valence electrons. The van der Waals surface area contributed by atoms with E-state index in [0.717, 1.165) is 48.8 Å². The minimum atomic E-state index is -0.120. The van der Waals surface area contributed by atoms with Crippen LogP contribution in [0.3, 0.4) is 0 Å². The molecular formula is C28H32N4O3. The van der Waals surface area contributed by atoms with Crippen molar-refractivity contribution in [2.45, 2.75) is 31.4 Å². The number of morpholine rings is 1. The average Bonchev–Trinajstić information content (AvgIpc) is 2.88. The van der Waals surface area contributed by atoms with Gasteiger partial charge < -0.3 is 29.6 Å². The molecule has 1 unspecified atom stereocenters. The number of piperidine rings is 1. The lowest BCUT2D eigenvalue weighted by molar-refractivity contribution is 0.0384. The van der Waals surface area contributed by atoms with Gasteiger partial charge in [0.25, 0.3) is 0 Å². The standard InChI is InChI=1S/C28H32N4O3/c1-31-11-8-21(9-12-31)30-22-5-6-25-20(16-22)15-19-3-2-4-24(28(19)35-25)26-18-32(13-14-34-26)23-7-10-29-27(33)17-23/h2-7,10,16-17,21,26,30H,8-9,11-15,18H2,1H3,(H,29,33). The second-order valence-corrected chi connectivity index (χ2v) is 9.88. The molecule has 3 aliphatic heterocycles. The third kappa shape index (κ3) is 4.66. The summed E-state index contributed by atoms with van der Waals surface area (Å²) in [5, 5.41) is 3.73. The molecule has 3 aliphatic rings. The first-order chi connectivity index (χ1) is 17.1. The van der Waals surface area contributed by atoms with Crippen LogP contribution < -0.4 is 20.5 Å². The molecule has 7 nitrogen and oxygen atoms in total. The summed E-state index contributed by atoms with van der Waals surface area (Å²) in [6.45, 7) is 4.32. The Bertz CT molecular complexity index is 1270. The number of rotatable bonds is 4. The number of hydrogen-bond acceptors (Lipinski definition) is 6. The van der Waals surface area contributed by atoms with E-state index in [9.17, 15) is 4.79 Å². The number of para-hydroxylation sites is 1. The van der Waals surface area contributed by atoms with Gasteiger partial charge in [-0.3, -0.25) is 4.79 Å². The van der Waals surface area contributed by atoms with Crippen molar-refractivity contribution in [3.63, 3.8) is 0 Å². The Morgan fingerprint density at radius 2 is 1.91 bits per heavy atom. The number of benzene rings is 2. The van der Waals surface area contributed by atoms with E-state index >= 15 is 0 Å². The highest BCUT2D eigenvalue weighted by Crippen LogP contribution is 2.43. The SMILES string of the molecule is CN1CCC(Nc2ccc3c(c2)Cc2cccc(C4CN(c5cc[nH]c(=O)c5)CCO4)c2O3)CC1. The number of aromatic amines is 1. The number of pyridine rings is 1. The Balaban J connectivity index is 1.20. The quantitative estimate of drug-likeness (QED) is 0.465. The van der Waals surface area contributed by atoms with E-state index in [-0.39, 0.29) is 11.7 Å². The Morgan fingerprint density at radius 3 is 2.77 bits per heavy atom. The van der Waals surface area contributed by atoms with Gasteiger partial charge in [-0.25, -0.2) is 0 Å². The molecule has 2 N–H and O–H groups in total. The van der Waals surface area contributed by atoms with Crippen LogP contribution in [0.1, 0.15) is 35.6 Å². The Kier molecular flexibility index (Phi) is 5.96. The highest BCUT2D eigenvalue weighted by atomic mass is 16.5. The fourth-order valence-corrected chi connectivity index (χ4v) is 5.43. The number of nitrogens with zero attached hydrogens (tertiary/aromatic N) is 2. The molecule has 1 atom stereocenters. The van der Waals surface area contributed by atoms with Crippen LogP contribution in [0.25, 0.3) is 0 Å². The maximum absolute atomic E-state index is 11.8. The summed E-state index contributed by atoms with van der Waals surface area (Å²) in [7, 11) is 2.19. The zero-order chi connectivity index (χ0) is 23.8. The summed E-state index contributed by atoms with van der Waals surface area (Å²) < 4.78 is 12.7. The van der Waals surface area contributed by atoms with Crippen LogP contribution in [-0.2, 0) is 11.2 Å². The van der Waals surface area contributed by atoms with E-state index in [4.69, 9.17) is 9.47 Å². The predicted molar refractivity (Wildman–Crippen MR) is 138 cm³/mol. The topological polar surface area (TPSA) is 69.8 Å². The van der Waals surface area contributed by atoms with Gasteiger partial charge in [0.1, 0.15) is 17.6 Å². The molecule has 0 aliphatic carbocycles. The molecule has 0 saturated carbocycles. The van der Waals surface area contributed by atoms with Crippen LogP contribution in [0.4, 0.5) is 11.4 Å². The summed E-state index contributed by atoms with van der Waals surface area (Å²) in [5.74, 6) is 1.83. The Hall–Kier alpha value is -3.29. The number of likely N-dealkylation sites (tertiary alicyclic amines) is 1. The fraction of sp³-hybridized carbons (Fsp3) is 0.393. The third-order valence-electron chi connectivity index (χ3n) is 7.41. The monoisotopic (exact) mass is 472 g/mol. The van der Waals surface area contributed by atoms with Gasteiger partial charge in [0, 0.05) is 60.3 Å². The Morgan fingerprint density at radius 1 is 1.03 bits per heavy atom. The van der Waals surface area contributed by atoms with E-state index in [1.165, 1.54) is 29.7 Å². The maximum atomic E-state index is 11.8. The van der Waals surface area contributed by atoms with Crippen molar-refractivity contribution in [3.8, 4) is 11.5 Å². The Labute approximate surface area is 205 Å². The van der Waals surface area contributed by atoms with Gasteiger partial charge in [-0.2, -0.15) is 0 Å². The van der Waals surface area contributed by atoms with Gasteiger partial charge in [0.15, 0.2) is 0 Å². The fourth-order valence-electron chi connectivity index (χ4n) is 5.43. The number of H-pyrrole nitrogens is 1. The molecule has 2 saturated heterocycles. The summed E-state index contributed by atoms with van der Waals surface area (Å²) >= 11 is 0. The molecule has 0 bridgehead atoms. The number of hydrogen-bond donors (Lipinski definition) is 2. The van der Waals surface area contributed by atoms with Gasteiger partial charge >= 0.3 is 0 Å². The smallest absolute Gasteiger partial charge is 0.249 e. The lowest BCUT2D eigenvalue weighted by atomic mass is 9.95. The summed E-state index contributed by atoms with van der Waals surface area (Å²) in [6.07, 6.45) is 4.76. The third-order valence-corrected chi connectivity index (χ3v) is 7.41. The van der Waals surface area contributed by atoms with Crippen molar-refractivity contribution >= 4 is 11.4 Å². The lowest BCUT2D eigenvalue weighted by Crippen LogP contribution is -2.39. The molecule has 4 heterocycles. The molecule has 2 aromatic carbocycles. The van der Waals surface area contributed by atoms with Crippen molar-refractivity contribution in [1.82, 2.24) is 9.88 Å². The molecule has 3 aromatic rings. The van der Waals surface area contributed by atoms with Crippen molar-refractivity contribution in [2.75, 3.05) is 50.1 Å². The van der Waals surface area contributed by atoms with Gasteiger partial charge in [-0.05, 0) is 62.8 Å².